The van der Waals surface area contributed by atoms with Gasteiger partial charge in [0.25, 0.3) is 0 Å². The number of nitrogens with zero attached hydrogens (tertiary/aromatic N) is 2. The summed E-state index contributed by atoms with van der Waals surface area (Å²) < 4.78 is 0. The summed E-state index contributed by atoms with van der Waals surface area (Å²) in [5.74, 6) is 0.999. The summed E-state index contributed by atoms with van der Waals surface area (Å²) in [7, 11) is 0. The number of benzene rings is 2. The average Bonchev–Trinajstić information content (AvgIpc) is 3.19. The quantitative estimate of drug-likeness (QED) is 0.835. The number of rotatable bonds is 6. The second kappa shape index (κ2) is 9.24. The number of hydrogen-bond donors (Lipinski definition) is 1. The average molecular weight is 379 g/mol. The van der Waals surface area contributed by atoms with Crippen LogP contribution in [-0.4, -0.2) is 34.4 Å². The summed E-state index contributed by atoms with van der Waals surface area (Å²) >= 11 is 1.59. The second-order valence-corrected chi connectivity index (χ2v) is 7.40. The lowest BCUT2D eigenvalue weighted by Crippen LogP contribution is -2.44. The molecular formula is C21H21N3O2S. The van der Waals surface area contributed by atoms with Gasteiger partial charge in [0.05, 0.1) is 17.5 Å². The molecule has 2 aromatic rings. The highest BCUT2D eigenvalue weighted by molar-refractivity contribution is 7.99. The van der Waals surface area contributed by atoms with E-state index in [4.69, 9.17) is 5.26 Å². The monoisotopic (exact) mass is 379 g/mol. The van der Waals surface area contributed by atoms with Crippen LogP contribution in [0.5, 0.6) is 0 Å². The Hall–Kier alpha value is -2.78. The SMILES string of the molecule is N#Cc1ccc(NC(=O)C2CSCN2C(=O)CCCc2ccccc2)cc1. The van der Waals surface area contributed by atoms with Gasteiger partial charge in [0.1, 0.15) is 6.04 Å². The van der Waals surface area contributed by atoms with Crippen LogP contribution in [-0.2, 0) is 16.0 Å². The Bertz CT molecular complexity index is 831. The third-order valence-electron chi connectivity index (χ3n) is 4.49. The van der Waals surface area contributed by atoms with E-state index in [0.717, 1.165) is 12.8 Å². The first kappa shape index (κ1) is 19.0. The van der Waals surface area contributed by atoms with E-state index in [0.29, 0.717) is 29.3 Å². The molecule has 2 amide bonds. The number of thioether (sulfide) groups is 1. The summed E-state index contributed by atoms with van der Waals surface area (Å²) in [6.45, 7) is 0. The number of nitrogens with one attached hydrogen (secondary N) is 1. The van der Waals surface area contributed by atoms with Crippen molar-refractivity contribution in [1.82, 2.24) is 4.90 Å². The molecule has 0 spiro atoms. The Kier molecular flexibility index (Phi) is 6.50. The van der Waals surface area contributed by atoms with Gasteiger partial charge in [-0.1, -0.05) is 30.3 Å². The van der Waals surface area contributed by atoms with Gasteiger partial charge in [-0.15, -0.1) is 11.8 Å². The third-order valence-corrected chi connectivity index (χ3v) is 5.50. The van der Waals surface area contributed by atoms with E-state index in [2.05, 4.69) is 17.4 Å². The molecule has 1 N–H and O–H groups in total. The van der Waals surface area contributed by atoms with Crippen LogP contribution < -0.4 is 5.32 Å². The molecule has 1 aliphatic heterocycles. The molecule has 6 heteroatoms. The minimum atomic E-state index is -0.449. The number of carbonyl (C=O) groups excluding carboxylic acids is 2. The van der Waals surface area contributed by atoms with E-state index in [9.17, 15) is 9.59 Å². The maximum Gasteiger partial charge on any atom is 0.248 e. The standard InChI is InChI=1S/C21H21N3O2S/c22-13-17-9-11-18(12-10-17)23-21(26)19-14-27-15-24(19)20(25)8-4-7-16-5-2-1-3-6-16/h1-3,5-6,9-12,19H,4,7-8,14-15H2,(H,23,26). The summed E-state index contributed by atoms with van der Waals surface area (Å²) in [6, 6.07) is 18.4. The van der Waals surface area contributed by atoms with Crippen LogP contribution >= 0.6 is 11.8 Å². The van der Waals surface area contributed by atoms with Crippen molar-refractivity contribution in [1.29, 1.82) is 5.26 Å². The topological polar surface area (TPSA) is 73.2 Å². The van der Waals surface area contributed by atoms with Crippen LogP contribution in [0.25, 0.3) is 0 Å². The first-order valence-electron chi connectivity index (χ1n) is 8.89. The van der Waals surface area contributed by atoms with Crippen molar-refractivity contribution in [3.05, 3.63) is 65.7 Å². The fraction of sp³-hybridized carbons (Fsp3) is 0.286. The Balaban J connectivity index is 1.53. The molecular weight excluding hydrogens is 358 g/mol. The molecule has 1 fully saturated rings. The molecule has 1 atom stereocenters. The van der Waals surface area contributed by atoms with Crippen molar-refractivity contribution in [3.8, 4) is 6.07 Å². The van der Waals surface area contributed by atoms with Gasteiger partial charge in [-0.25, -0.2) is 0 Å². The Morgan fingerprint density at radius 1 is 1.15 bits per heavy atom. The molecule has 0 saturated carbocycles. The van der Waals surface area contributed by atoms with Crippen molar-refractivity contribution >= 4 is 29.3 Å². The van der Waals surface area contributed by atoms with Crippen molar-refractivity contribution < 1.29 is 9.59 Å². The summed E-state index contributed by atoms with van der Waals surface area (Å²) in [5.41, 5.74) is 2.39. The number of hydrogen-bond acceptors (Lipinski definition) is 4. The molecule has 0 radical (unpaired) electrons. The van der Waals surface area contributed by atoms with Crippen LogP contribution in [0.4, 0.5) is 5.69 Å². The number of anilines is 1. The number of aryl methyl sites for hydroxylation is 1. The third kappa shape index (κ3) is 5.11. The molecule has 27 heavy (non-hydrogen) atoms. The Labute approximate surface area is 163 Å². The molecule has 1 aliphatic rings. The lowest BCUT2D eigenvalue weighted by molar-refractivity contribution is -0.136. The molecule has 2 aromatic carbocycles. The van der Waals surface area contributed by atoms with Gasteiger partial charge in [0.15, 0.2) is 0 Å². The predicted octanol–water partition coefficient (Wildman–Crippen LogP) is 3.42. The number of nitriles is 1. The van der Waals surface area contributed by atoms with E-state index in [1.54, 1.807) is 40.9 Å². The molecule has 1 heterocycles. The van der Waals surface area contributed by atoms with Crippen molar-refractivity contribution in [3.63, 3.8) is 0 Å². The predicted molar refractivity (Wildman–Crippen MR) is 107 cm³/mol. The van der Waals surface area contributed by atoms with E-state index in [1.807, 2.05) is 24.3 Å². The fourth-order valence-corrected chi connectivity index (χ4v) is 4.17. The van der Waals surface area contributed by atoms with Crippen molar-refractivity contribution in [2.24, 2.45) is 0 Å². The second-order valence-electron chi connectivity index (χ2n) is 6.40. The van der Waals surface area contributed by atoms with Gasteiger partial charge in [-0.05, 0) is 42.7 Å². The lowest BCUT2D eigenvalue weighted by atomic mass is 10.1. The van der Waals surface area contributed by atoms with Gasteiger partial charge in [0, 0.05) is 17.9 Å². The Morgan fingerprint density at radius 2 is 1.89 bits per heavy atom. The Morgan fingerprint density at radius 3 is 2.59 bits per heavy atom. The van der Waals surface area contributed by atoms with Gasteiger partial charge in [0.2, 0.25) is 11.8 Å². The van der Waals surface area contributed by atoms with Gasteiger partial charge in [-0.2, -0.15) is 5.26 Å². The number of amides is 2. The number of carbonyl (C=O) groups is 2. The molecule has 0 aliphatic carbocycles. The molecule has 0 aromatic heterocycles. The lowest BCUT2D eigenvalue weighted by Gasteiger charge is -2.23. The molecule has 5 nitrogen and oxygen atoms in total. The van der Waals surface area contributed by atoms with Crippen LogP contribution in [0, 0.1) is 11.3 Å². The van der Waals surface area contributed by atoms with E-state index >= 15 is 0 Å². The van der Waals surface area contributed by atoms with Crippen molar-refractivity contribution in [2.45, 2.75) is 25.3 Å². The maximum absolute atomic E-state index is 12.6. The summed E-state index contributed by atoms with van der Waals surface area (Å²) in [4.78, 5) is 26.9. The molecule has 1 unspecified atom stereocenters. The van der Waals surface area contributed by atoms with Crippen LogP contribution in [0.15, 0.2) is 54.6 Å². The van der Waals surface area contributed by atoms with Gasteiger partial charge >= 0.3 is 0 Å². The molecule has 1 saturated heterocycles. The normalized spacial score (nSPS) is 16.0. The molecule has 3 rings (SSSR count). The first-order valence-corrected chi connectivity index (χ1v) is 10.0. The van der Waals surface area contributed by atoms with Crippen LogP contribution in [0.3, 0.4) is 0 Å². The van der Waals surface area contributed by atoms with E-state index in [-0.39, 0.29) is 11.8 Å². The zero-order valence-corrected chi connectivity index (χ0v) is 15.7. The maximum atomic E-state index is 12.6. The minimum absolute atomic E-state index is 0.0240. The zero-order valence-electron chi connectivity index (χ0n) is 14.9. The van der Waals surface area contributed by atoms with Crippen LogP contribution in [0.1, 0.15) is 24.0 Å². The zero-order chi connectivity index (χ0) is 19.1. The van der Waals surface area contributed by atoms with E-state index < -0.39 is 6.04 Å². The van der Waals surface area contributed by atoms with Crippen molar-refractivity contribution in [2.75, 3.05) is 16.9 Å². The highest BCUT2D eigenvalue weighted by Gasteiger charge is 2.34. The fourth-order valence-electron chi connectivity index (χ4n) is 2.99. The smallest absolute Gasteiger partial charge is 0.248 e. The highest BCUT2D eigenvalue weighted by atomic mass is 32.2. The van der Waals surface area contributed by atoms with Crippen LogP contribution in [0.2, 0.25) is 0 Å². The largest absolute Gasteiger partial charge is 0.324 e. The highest BCUT2D eigenvalue weighted by Crippen LogP contribution is 2.24. The summed E-state index contributed by atoms with van der Waals surface area (Å²) in [6.07, 6.45) is 2.07. The minimum Gasteiger partial charge on any atom is -0.324 e. The van der Waals surface area contributed by atoms with Gasteiger partial charge < -0.3 is 10.2 Å². The molecule has 138 valence electrons. The van der Waals surface area contributed by atoms with Gasteiger partial charge in [-0.3, -0.25) is 9.59 Å². The first-order chi connectivity index (χ1) is 13.2. The summed E-state index contributed by atoms with van der Waals surface area (Å²) in [5, 5.41) is 11.7. The molecule has 0 bridgehead atoms. The van der Waals surface area contributed by atoms with E-state index in [1.165, 1.54) is 5.56 Å².